The van der Waals surface area contributed by atoms with Gasteiger partial charge >= 0.3 is 5.97 Å². The number of nitrogens with zero attached hydrogens (tertiary/aromatic N) is 3. The van der Waals surface area contributed by atoms with Crippen LogP contribution in [0, 0.1) is 6.92 Å². The summed E-state index contributed by atoms with van der Waals surface area (Å²) in [6, 6.07) is 9.27. The van der Waals surface area contributed by atoms with Crippen molar-refractivity contribution in [1.82, 2.24) is 20.3 Å². The number of amides is 1. The molecule has 0 saturated heterocycles. The van der Waals surface area contributed by atoms with Gasteiger partial charge in [-0.3, -0.25) is 4.79 Å². The summed E-state index contributed by atoms with van der Waals surface area (Å²) in [5, 5.41) is 19.1. The Morgan fingerprint density at radius 2 is 2.05 bits per heavy atom. The van der Waals surface area contributed by atoms with E-state index < -0.39 is 18.0 Å². The highest BCUT2D eigenvalue weighted by atomic mass is 16.5. The fourth-order valence-electron chi connectivity index (χ4n) is 1.89. The number of methoxy groups -OCH3 is 1. The van der Waals surface area contributed by atoms with Crippen molar-refractivity contribution < 1.29 is 19.4 Å². The number of carbonyl (C=O) groups is 2. The maximum atomic E-state index is 12.1. The quantitative estimate of drug-likeness (QED) is 0.800. The molecule has 0 aliphatic heterocycles. The molecule has 0 aliphatic rings. The molecule has 8 heteroatoms. The zero-order valence-electron chi connectivity index (χ0n) is 12.2. The lowest BCUT2D eigenvalue weighted by Crippen LogP contribution is -2.38. The first kappa shape index (κ1) is 15.6. The number of aliphatic carboxylic acids is 1. The Bertz CT molecular complexity index is 669. The minimum atomic E-state index is -1.15. The molecule has 1 amide bonds. The van der Waals surface area contributed by atoms with Gasteiger partial charge < -0.3 is 15.2 Å². The number of carboxylic acid groups (broad SMARTS) is 1. The molecular formula is C14H16N4O4. The molecule has 1 aromatic heterocycles. The summed E-state index contributed by atoms with van der Waals surface area (Å²) in [4.78, 5) is 22.9. The van der Waals surface area contributed by atoms with E-state index in [0.717, 1.165) is 5.69 Å². The maximum absolute atomic E-state index is 12.1. The van der Waals surface area contributed by atoms with Crippen LogP contribution in [0.4, 0.5) is 0 Å². The lowest BCUT2D eigenvalue weighted by Gasteiger charge is -2.10. The van der Waals surface area contributed by atoms with E-state index in [-0.39, 0.29) is 12.2 Å². The van der Waals surface area contributed by atoms with E-state index in [9.17, 15) is 9.59 Å². The molecule has 0 bridgehead atoms. The first-order valence-electron chi connectivity index (χ1n) is 6.56. The van der Waals surface area contributed by atoms with E-state index in [1.165, 1.54) is 7.11 Å². The van der Waals surface area contributed by atoms with Gasteiger partial charge in [-0.05, 0) is 19.1 Å². The summed E-state index contributed by atoms with van der Waals surface area (Å²) < 4.78 is 6.29. The third-order valence-electron chi connectivity index (χ3n) is 3.12. The Labute approximate surface area is 126 Å². The van der Waals surface area contributed by atoms with Gasteiger partial charge in [-0.1, -0.05) is 23.4 Å². The molecule has 22 heavy (non-hydrogen) atoms. The highest BCUT2D eigenvalue weighted by Gasteiger charge is 2.21. The van der Waals surface area contributed by atoms with Crippen molar-refractivity contribution in [2.75, 3.05) is 13.7 Å². The predicted molar refractivity (Wildman–Crippen MR) is 76.9 cm³/mol. The smallest absolute Gasteiger partial charge is 0.334 e. The summed E-state index contributed by atoms with van der Waals surface area (Å²) >= 11 is 0. The molecule has 1 aromatic carbocycles. The number of nitrogens with one attached hydrogen (secondary N) is 1. The topological polar surface area (TPSA) is 106 Å². The average Bonchev–Trinajstić information content (AvgIpc) is 2.90. The van der Waals surface area contributed by atoms with E-state index >= 15 is 0 Å². The van der Waals surface area contributed by atoms with Crippen LogP contribution >= 0.6 is 0 Å². The predicted octanol–water partition coefficient (Wildman–Crippen LogP) is 0.405. The van der Waals surface area contributed by atoms with Crippen molar-refractivity contribution in [2.24, 2.45) is 0 Å². The Kier molecular flexibility index (Phi) is 4.84. The Hall–Kier alpha value is -2.74. The number of carbonyl (C=O) groups excluding carboxylic acids is 1. The van der Waals surface area contributed by atoms with Gasteiger partial charge in [-0.15, -0.1) is 5.10 Å². The Balaban J connectivity index is 2.12. The summed E-state index contributed by atoms with van der Waals surface area (Å²) in [5.41, 5.74) is 1.49. The van der Waals surface area contributed by atoms with Crippen LogP contribution in [0.1, 0.15) is 16.2 Å². The lowest BCUT2D eigenvalue weighted by molar-refractivity contribution is -0.148. The van der Waals surface area contributed by atoms with Crippen LogP contribution in [0.5, 0.6) is 0 Å². The fourth-order valence-corrected chi connectivity index (χ4v) is 1.89. The second kappa shape index (κ2) is 6.81. The first-order valence-corrected chi connectivity index (χ1v) is 6.56. The summed E-state index contributed by atoms with van der Waals surface area (Å²) in [6.45, 7) is 1.56. The van der Waals surface area contributed by atoms with E-state index in [1.54, 1.807) is 11.6 Å². The molecule has 8 nitrogen and oxygen atoms in total. The Morgan fingerprint density at radius 3 is 2.64 bits per heavy atom. The number of hydrogen-bond acceptors (Lipinski definition) is 5. The highest BCUT2D eigenvalue weighted by Crippen LogP contribution is 2.11. The highest BCUT2D eigenvalue weighted by molar-refractivity contribution is 5.93. The molecule has 116 valence electrons. The number of rotatable bonds is 6. The first-order chi connectivity index (χ1) is 10.5. The molecular weight excluding hydrogens is 288 g/mol. The van der Waals surface area contributed by atoms with Crippen molar-refractivity contribution >= 4 is 11.9 Å². The molecule has 1 unspecified atom stereocenters. The summed E-state index contributed by atoms with van der Waals surface area (Å²) in [7, 11) is 1.27. The third-order valence-corrected chi connectivity index (χ3v) is 3.12. The van der Waals surface area contributed by atoms with E-state index in [2.05, 4.69) is 15.6 Å². The van der Waals surface area contributed by atoms with Crippen molar-refractivity contribution in [3.8, 4) is 5.69 Å². The van der Waals surface area contributed by atoms with Crippen LogP contribution in [0.2, 0.25) is 0 Å². The van der Waals surface area contributed by atoms with Crippen LogP contribution in [-0.2, 0) is 9.53 Å². The molecule has 1 atom stereocenters. The van der Waals surface area contributed by atoms with Gasteiger partial charge in [-0.25, -0.2) is 9.48 Å². The average molecular weight is 304 g/mol. The van der Waals surface area contributed by atoms with Gasteiger partial charge in [0.15, 0.2) is 11.8 Å². The van der Waals surface area contributed by atoms with Crippen LogP contribution in [-0.4, -0.2) is 51.7 Å². The van der Waals surface area contributed by atoms with Crippen molar-refractivity contribution in [3.05, 3.63) is 41.7 Å². The monoisotopic (exact) mass is 304 g/mol. The van der Waals surface area contributed by atoms with Crippen LogP contribution in [0.15, 0.2) is 30.3 Å². The number of hydrogen-bond donors (Lipinski definition) is 2. The number of benzene rings is 1. The largest absolute Gasteiger partial charge is 0.479 e. The molecule has 0 saturated carbocycles. The Morgan fingerprint density at radius 1 is 1.36 bits per heavy atom. The molecule has 0 radical (unpaired) electrons. The SMILES string of the molecule is COC(CNC(=O)c1nnn(-c2ccccc2)c1C)C(=O)O. The molecule has 0 aliphatic carbocycles. The number of para-hydroxylation sites is 1. The van der Waals surface area contributed by atoms with Gasteiger partial charge in [-0.2, -0.15) is 0 Å². The zero-order chi connectivity index (χ0) is 16.1. The van der Waals surface area contributed by atoms with Crippen LogP contribution < -0.4 is 5.32 Å². The van der Waals surface area contributed by atoms with Crippen molar-refractivity contribution in [3.63, 3.8) is 0 Å². The zero-order valence-corrected chi connectivity index (χ0v) is 12.2. The van der Waals surface area contributed by atoms with Gasteiger partial charge in [0.05, 0.1) is 17.9 Å². The summed E-state index contributed by atoms with van der Waals surface area (Å²) in [6.07, 6.45) is -1.10. The molecule has 2 N–H and O–H groups in total. The van der Waals surface area contributed by atoms with Gasteiger partial charge in [0.25, 0.3) is 5.91 Å². The number of carboxylic acids is 1. The van der Waals surface area contributed by atoms with Gasteiger partial charge in [0, 0.05) is 7.11 Å². The molecule has 0 spiro atoms. The third kappa shape index (κ3) is 3.29. The second-order valence-electron chi connectivity index (χ2n) is 4.54. The minimum absolute atomic E-state index is 0.143. The second-order valence-corrected chi connectivity index (χ2v) is 4.54. The standard InChI is InChI=1S/C14H16N4O4/c1-9-12(13(19)15-8-11(22-2)14(20)21)16-17-18(9)10-6-4-3-5-7-10/h3-7,11H,8H2,1-2H3,(H,15,19)(H,20,21). The number of ether oxygens (including phenoxy) is 1. The van der Waals surface area contributed by atoms with Crippen molar-refractivity contribution in [1.29, 1.82) is 0 Å². The van der Waals surface area contributed by atoms with Crippen LogP contribution in [0.25, 0.3) is 5.69 Å². The normalized spacial score (nSPS) is 11.9. The van der Waals surface area contributed by atoms with Crippen molar-refractivity contribution in [2.45, 2.75) is 13.0 Å². The minimum Gasteiger partial charge on any atom is -0.479 e. The molecule has 0 fully saturated rings. The van der Waals surface area contributed by atoms with E-state index in [0.29, 0.717) is 5.69 Å². The maximum Gasteiger partial charge on any atom is 0.334 e. The molecule has 1 heterocycles. The van der Waals surface area contributed by atoms with E-state index in [4.69, 9.17) is 9.84 Å². The van der Waals surface area contributed by atoms with Gasteiger partial charge in [0.1, 0.15) is 0 Å². The lowest BCUT2D eigenvalue weighted by atomic mass is 10.2. The fraction of sp³-hybridized carbons (Fsp3) is 0.286. The summed E-state index contributed by atoms with van der Waals surface area (Å²) in [5.74, 6) is -1.64. The van der Waals surface area contributed by atoms with Gasteiger partial charge in [0.2, 0.25) is 0 Å². The van der Waals surface area contributed by atoms with Crippen LogP contribution in [0.3, 0.4) is 0 Å². The number of aromatic nitrogens is 3. The molecule has 2 rings (SSSR count). The molecule has 2 aromatic rings. The van der Waals surface area contributed by atoms with E-state index in [1.807, 2.05) is 30.3 Å².